The lowest BCUT2D eigenvalue weighted by Gasteiger charge is -2.27. The second-order valence-corrected chi connectivity index (χ2v) is 7.39. The van der Waals surface area contributed by atoms with E-state index in [0.29, 0.717) is 10.7 Å². The van der Waals surface area contributed by atoms with Crippen molar-refractivity contribution in [2.24, 2.45) is 23.7 Å². The highest BCUT2D eigenvalue weighted by atomic mass is 79.9. The van der Waals surface area contributed by atoms with Gasteiger partial charge in [-0.15, -0.1) is 0 Å². The molecule has 2 saturated carbocycles. The Kier molecular flexibility index (Phi) is 3.05. The highest BCUT2D eigenvalue weighted by Gasteiger charge is 2.67. The predicted molar refractivity (Wildman–Crippen MR) is 81.3 cm³/mol. The number of fused-ring (bicyclic) bond motifs is 1. The van der Waals surface area contributed by atoms with Gasteiger partial charge in [-0.05, 0) is 24.5 Å². The molecule has 1 aromatic rings. The van der Waals surface area contributed by atoms with Crippen LogP contribution in [0.3, 0.4) is 0 Å². The number of rotatable bonds is 2. The minimum atomic E-state index is -0.332. The van der Waals surface area contributed by atoms with Crippen molar-refractivity contribution in [3.05, 3.63) is 29.3 Å². The molecule has 2 aliphatic carbocycles. The minimum absolute atomic E-state index is 0.0585. The van der Waals surface area contributed by atoms with Crippen LogP contribution in [0.15, 0.2) is 24.3 Å². The lowest BCUT2D eigenvalue weighted by molar-refractivity contribution is -0.145. The second-order valence-electron chi connectivity index (χ2n) is 5.93. The molecule has 1 heterocycles. The number of nitrogens with one attached hydrogen (secondary N) is 1. The van der Waals surface area contributed by atoms with Crippen molar-refractivity contribution in [2.45, 2.75) is 17.4 Å². The second kappa shape index (κ2) is 4.71. The Morgan fingerprint density at radius 2 is 2.10 bits per heavy atom. The molecule has 110 valence electrons. The number of ether oxygens (including phenoxy) is 1. The average Bonchev–Trinajstić information content (AvgIpc) is 3.05. The molecule has 21 heavy (non-hydrogen) atoms. The summed E-state index contributed by atoms with van der Waals surface area (Å²) in [4.78, 5) is 24.7. The lowest BCUT2D eigenvalue weighted by Crippen LogP contribution is -2.40. The molecule has 1 aliphatic heterocycles. The highest BCUT2D eigenvalue weighted by molar-refractivity contribution is 9.09. The number of esters is 1. The molecule has 1 aromatic carbocycles. The molecule has 4 nitrogen and oxygen atoms in total. The summed E-state index contributed by atoms with van der Waals surface area (Å²) in [6, 6.07) is 7.11. The fourth-order valence-electron chi connectivity index (χ4n) is 4.11. The Hall–Kier alpha value is -1.07. The van der Waals surface area contributed by atoms with Crippen molar-refractivity contribution in [1.29, 1.82) is 0 Å². The van der Waals surface area contributed by atoms with Gasteiger partial charge in [0.2, 0.25) is 5.91 Å². The Balaban J connectivity index is 1.61. The van der Waals surface area contributed by atoms with Crippen LogP contribution in [0, 0.1) is 23.7 Å². The van der Waals surface area contributed by atoms with Crippen LogP contribution in [0.25, 0.3) is 0 Å². The number of carbonyl (C=O) groups excluding carboxylic acids is 2. The van der Waals surface area contributed by atoms with Gasteiger partial charge in [0.15, 0.2) is 0 Å². The molecule has 6 heteroatoms. The summed E-state index contributed by atoms with van der Waals surface area (Å²) in [6.07, 6.45) is 0.814. The zero-order valence-corrected chi connectivity index (χ0v) is 13.3. The van der Waals surface area contributed by atoms with Crippen LogP contribution < -0.4 is 5.32 Å². The molecule has 3 fully saturated rings. The fourth-order valence-corrected chi connectivity index (χ4v) is 5.34. The Bertz CT molecular complexity index is 637. The standard InChI is InChI=1S/C15H13BrClNO3/c16-12-6-5-7-11(15(20)21-13(7)12)10(6)14(19)18-9-4-2-1-3-8(9)17/h1-4,6-7,10-13H,5H2,(H,18,19)/t6-,7-,10+,11+,12-,13+/m1/s1. The molecule has 2 bridgehead atoms. The van der Waals surface area contributed by atoms with E-state index in [1.807, 2.05) is 12.1 Å². The van der Waals surface area contributed by atoms with Gasteiger partial charge in [0.25, 0.3) is 0 Å². The summed E-state index contributed by atoms with van der Waals surface area (Å²) >= 11 is 9.68. The van der Waals surface area contributed by atoms with Crippen LogP contribution in [-0.4, -0.2) is 22.8 Å². The van der Waals surface area contributed by atoms with Crippen molar-refractivity contribution in [1.82, 2.24) is 0 Å². The van der Waals surface area contributed by atoms with Crippen molar-refractivity contribution >= 4 is 45.1 Å². The van der Waals surface area contributed by atoms with Crippen molar-refractivity contribution in [2.75, 3.05) is 5.32 Å². The first kappa shape index (κ1) is 13.6. The minimum Gasteiger partial charge on any atom is -0.461 e. The Morgan fingerprint density at radius 1 is 1.33 bits per heavy atom. The third kappa shape index (κ3) is 1.87. The van der Waals surface area contributed by atoms with E-state index in [1.165, 1.54) is 0 Å². The summed E-state index contributed by atoms with van der Waals surface area (Å²) < 4.78 is 5.41. The number of amides is 1. The number of alkyl halides is 1. The number of halogens is 2. The van der Waals surface area contributed by atoms with E-state index in [1.54, 1.807) is 12.1 Å². The summed E-state index contributed by atoms with van der Waals surface area (Å²) in [5, 5.41) is 3.36. The number of anilines is 1. The van der Waals surface area contributed by atoms with E-state index in [0.717, 1.165) is 6.42 Å². The van der Waals surface area contributed by atoms with Crippen molar-refractivity contribution < 1.29 is 14.3 Å². The van der Waals surface area contributed by atoms with Gasteiger partial charge in [0.1, 0.15) is 6.10 Å². The van der Waals surface area contributed by atoms with E-state index < -0.39 is 0 Å². The maximum atomic E-state index is 12.6. The molecule has 0 unspecified atom stereocenters. The van der Waals surface area contributed by atoms with Gasteiger partial charge in [-0.3, -0.25) is 9.59 Å². The lowest BCUT2D eigenvalue weighted by atomic mass is 9.79. The molecule has 0 aromatic heterocycles. The molecule has 1 amide bonds. The van der Waals surface area contributed by atoms with Gasteiger partial charge in [-0.25, -0.2) is 0 Å². The number of benzene rings is 1. The van der Waals surface area contributed by atoms with Crippen LogP contribution in [-0.2, 0) is 14.3 Å². The Labute approximate surface area is 135 Å². The van der Waals surface area contributed by atoms with Gasteiger partial charge in [-0.1, -0.05) is 39.7 Å². The number of hydrogen-bond donors (Lipinski definition) is 1. The summed E-state index contributed by atoms with van der Waals surface area (Å²) in [7, 11) is 0. The smallest absolute Gasteiger partial charge is 0.310 e. The first-order valence-electron chi connectivity index (χ1n) is 6.98. The zero-order valence-electron chi connectivity index (χ0n) is 11.0. The average molecular weight is 371 g/mol. The van der Waals surface area contributed by atoms with Gasteiger partial charge in [0, 0.05) is 5.92 Å². The topological polar surface area (TPSA) is 55.4 Å². The SMILES string of the molecule is O=C(Nc1ccccc1Cl)[C@H]1[C@H]2C[C@H]3[C@H](OC(=O)[C@@H]31)[C@@H]2Br. The maximum Gasteiger partial charge on any atom is 0.310 e. The zero-order chi connectivity index (χ0) is 14.7. The van der Waals surface area contributed by atoms with Crippen LogP contribution in [0.1, 0.15) is 6.42 Å². The van der Waals surface area contributed by atoms with Crippen LogP contribution in [0.5, 0.6) is 0 Å². The monoisotopic (exact) mass is 369 g/mol. The largest absolute Gasteiger partial charge is 0.461 e. The number of carbonyl (C=O) groups is 2. The van der Waals surface area contributed by atoms with Crippen molar-refractivity contribution in [3.63, 3.8) is 0 Å². The predicted octanol–water partition coefficient (Wildman–Crippen LogP) is 2.85. The first-order valence-corrected chi connectivity index (χ1v) is 8.27. The number of hydrogen-bond acceptors (Lipinski definition) is 3. The quantitative estimate of drug-likeness (QED) is 0.643. The van der Waals surface area contributed by atoms with Crippen LogP contribution >= 0.6 is 27.5 Å². The van der Waals surface area contributed by atoms with Crippen LogP contribution in [0.2, 0.25) is 5.02 Å². The molecule has 1 N–H and O–H groups in total. The van der Waals surface area contributed by atoms with E-state index in [-0.39, 0.29) is 46.5 Å². The summed E-state index contributed by atoms with van der Waals surface area (Å²) in [5.74, 6) is -0.665. The van der Waals surface area contributed by atoms with Crippen LogP contribution in [0.4, 0.5) is 5.69 Å². The third-order valence-electron chi connectivity index (χ3n) is 4.96. The third-order valence-corrected chi connectivity index (χ3v) is 6.49. The van der Waals surface area contributed by atoms with Gasteiger partial charge in [-0.2, -0.15) is 0 Å². The van der Waals surface area contributed by atoms with E-state index >= 15 is 0 Å². The van der Waals surface area contributed by atoms with Crippen molar-refractivity contribution in [3.8, 4) is 0 Å². The summed E-state index contributed by atoms with van der Waals surface area (Å²) in [5.41, 5.74) is 0.584. The molecular formula is C15H13BrClNO3. The molecule has 4 rings (SSSR count). The van der Waals surface area contributed by atoms with Gasteiger partial charge < -0.3 is 10.1 Å². The molecule has 0 radical (unpaired) electrons. The van der Waals surface area contributed by atoms with E-state index in [4.69, 9.17) is 16.3 Å². The molecule has 6 atom stereocenters. The molecule has 1 saturated heterocycles. The van der Waals surface area contributed by atoms with Gasteiger partial charge in [0.05, 0.1) is 27.4 Å². The number of para-hydroxylation sites is 1. The van der Waals surface area contributed by atoms with E-state index in [2.05, 4.69) is 21.2 Å². The fraction of sp³-hybridized carbons (Fsp3) is 0.467. The molecular weight excluding hydrogens is 358 g/mol. The maximum absolute atomic E-state index is 12.6. The highest BCUT2D eigenvalue weighted by Crippen LogP contribution is 2.60. The molecule has 3 aliphatic rings. The normalized spacial score (nSPS) is 39.4. The first-order chi connectivity index (χ1) is 10.1. The Morgan fingerprint density at radius 3 is 2.86 bits per heavy atom. The van der Waals surface area contributed by atoms with E-state index in [9.17, 15) is 9.59 Å². The molecule has 0 spiro atoms. The summed E-state index contributed by atoms with van der Waals surface area (Å²) in [6.45, 7) is 0. The van der Waals surface area contributed by atoms with Gasteiger partial charge >= 0.3 is 5.97 Å².